The number of ether oxygens (including phenoxy) is 1. The summed E-state index contributed by atoms with van der Waals surface area (Å²) in [4.78, 5) is 11.5. The minimum atomic E-state index is -4.31. The van der Waals surface area contributed by atoms with Crippen LogP contribution in [0.25, 0.3) is 0 Å². The van der Waals surface area contributed by atoms with Crippen LogP contribution in [-0.2, 0) is 9.53 Å². The first-order chi connectivity index (χ1) is 8.96. The Morgan fingerprint density at radius 3 is 3.00 bits per heavy atom. The summed E-state index contributed by atoms with van der Waals surface area (Å²) >= 11 is 0. The Labute approximate surface area is 107 Å². The van der Waals surface area contributed by atoms with Crippen molar-refractivity contribution in [2.75, 3.05) is 6.61 Å². The van der Waals surface area contributed by atoms with E-state index in [1.54, 1.807) is 12.3 Å². The maximum atomic E-state index is 12.0. The Hall–Kier alpha value is -1.57. The number of rotatable bonds is 4. The fourth-order valence-corrected chi connectivity index (χ4v) is 2.00. The summed E-state index contributed by atoms with van der Waals surface area (Å²) in [6.07, 6.45) is -4.23. The zero-order chi connectivity index (χ0) is 13.9. The molecule has 2 N–H and O–H groups in total. The lowest BCUT2D eigenvalue weighted by Gasteiger charge is -2.18. The van der Waals surface area contributed by atoms with Crippen molar-refractivity contribution in [2.45, 2.75) is 37.6 Å². The first-order valence-corrected chi connectivity index (χ1v) is 5.93. The molecule has 1 aliphatic heterocycles. The van der Waals surface area contributed by atoms with Crippen molar-refractivity contribution in [3.63, 3.8) is 0 Å². The smallest absolute Gasteiger partial charge is 0.370 e. The minimum absolute atomic E-state index is 0.318. The summed E-state index contributed by atoms with van der Waals surface area (Å²) in [7, 11) is 0. The number of alkyl halides is 3. The number of H-pyrrole nitrogens is 1. The molecule has 8 heteroatoms. The summed E-state index contributed by atoms with van der Waals surface area (Å²) in [5.74, 6) is -0.614. The van der Waals surface area contributed by atoms with Crippen LogP contribution in [0.5, 0.6) is 0 Å². The number of nitrogens with zero attached hydrogens (tertiary/aromatic N) is 1. The molecule has 2 atom stereocenters. The fraction of sp³-hybridized carbons (Fsp3) is 0.636. The van der Waals surface area contributed by atoms with Crippen LogP contribution >= 0.6 is 0 Å². The van der Waals surface area contributed by atoms with Gasteiger partial charge in [-0.1, -0.05) is 0 Å². The van der Waals surface area contributed by atoms with Gasteiger partial charge in [0, 0.05) is 19.2 Å². The predicted octanol–water partition coefficient (Wildman–Crippen LogP) is 1.70. The van der Waals surface area contributed by atoms with Gasteiger partial charge in [-0.25, -0.2) is 0 Å². The van der Waals surface area contributed by atoms with E-state index in [1.165, 1.54) is 0 Å². The van der Waals surface area contributed by atoms with Gasteiger partial charge in [-0.15, -0.1) is 0 Å². The molecule has 1 fully saturated rings. The van der Waals surface area contributed by atoms with Gasteiger partial charge >= 0.3 is 6.18 Å². The Kier molecular flexibility index (Phi) is 4.08. The number of hydrogen-bond acceptors (Lipinski definition) is 3. The van der Waals surface area contributed by atoms with E-state index in [1.807, 2.05) is 0 Å². The number of carbonyl (C=O) groups is 1. The zero-order valence-corrected chi connectivity index (χ0v) is 10.0. The third-order valence-electron chi connectivity index (χ3n) is 2.90. The lowest BCUT2D eigenvalue weighted by molar-refractivity contribution is -0.144. The summed E-state index contributed by atoms with van der Waals surface area (Å²) in [5.41, 5.74) is 0.707. The third kappa shape index (κ3) is 3.95. The molecule has 0 spiro atoms. The number of carbonyl (C=O) groups excluding carboxylic acids is 1. The van der Waals surface area contributed by atoms with Gasteiger partial charge in [0.15, 0.2) is 0 Å². The van der Waals surface area contributed by atoms with Crippen LogP contribution in [0.15, 0.2) is 12.3 Å². The Morgan fingerprint density at radius 1 is 1.58 bits per heavy atom. The zero-order valence-electron chi connectivity index (χ0n) is 10.0. The van der Waals surface area contributed by atoms with Crippen molar-refractivity contribution in [2.24, 2.45) is 0 Å². The van der Waals surface area contributed by atoms with Gasteiger partial charge in [0.05, 0.1) is 18.2 Å². The van der Waals surface area contributed by atoms with Crippen molar-refractivity contribution in [1.29, 1.82) is 0 Å². The standard InChI is InChI=1S/C11H14F3N3O2/c12-11(13,14)4-1-9(18)16-7-3-6-19-10(7)8-2-5-15-17-8/h2,5,7,10H,1,3-4,6H2,(H,15,17)(H,16,18)/t7-,10-/m1/s1. The van der Waals surface area contributed by atoms with Crippen molar-refractivity contribution in [3.05, 3.63) is 18.0 Å². The van der Waals surface area contributed by atoms with Crippen LogP contribution < -0.4 is 5.32 Å². The average Bonchev–Trinajstić information content (AvgIpc) is 2.94. The molecule has 0 radical (unpaired) electrons. The van der Waals surface area contributed by atoms with Crippen molar-refractivity contribution < 1.29 is 22.7 Å². The van der Waals surface area contributed by atoms with Gasteiger partial charge in [-0.05, 0) is 12.5 Å². The number of nitrogens with one attached hydrogen (secondary N) is 2. The molecule has 1 saturated heterocycles. The summed E-state index contributed by atoms with van der Waals surface area (Å²) in [5, 5.41) is 9.09. The maximum Gasteiger partial charge on any atom is 0.389 e. The molecule has 0 unspecified atom stereocenters. The lowest BCUT2D eigenvalue weighted by Crippen LogP contribution is -2.37. The topological polar surface area (TPSA) is 67.0 Å². The highest BCUT2D eigenvalue weighted by molar-refractivity contribution is 5.76. The Balaban J connectivity index is 1.86. The number of halogens is 3. The van der Waals surface area contributed by atoms with Gasteiger partial charge in [-0.3, -0.25) is 9.89 Å². The quantitative estimate of drug-likeness (QED) is 0.880. The van der Waals surface area contributed by atoms with Crippen molar-refractivity contribution in [1.82, 2.24) is 15.5 Å². The molecule has 0 saturated carbocycles. The van der Waals surface area contributed by atoms with E-state index in [0.29, 0.717) is 18.7 Å². The first kappa shape index (κ1) is 13.9. The number of aromatic nitrogens is 2. The van der Waals surface area contributed by atoms with Crippen LogP contribution in [0.4, 0.5) is 13.2 Å². The van der Waals surface area contributed by atoms with E-state index < -0.39 is 24.9 Å². The Morgan fingerprint density at radius 2 is 2.37 bits per heavy atom. The molecule has 1 aromatic rings. The second-order valence-electron chi connectivity index (χ2n) is 4.38. The van der Waals surface area contributed by atoms with Crippen molar-refractivity contribution >= 4 is 5.91 Å². The summed E-state index contributed by atoms with van der Waals surface area (Å²) < 4.78 is 41.5. The van der Waals surface area contributed by atoms with E-state index in [0.717, 1.165) is 0 Å². The number of amides is 1. The van der Waals surface area contributed by atoms with Gasteiger partial charge in [0.1, 0.15) is 6.10 Å². The lowest BCUT2D eigenvalue weighted by atomic mass is 10.1. The van der Waals surface area contributed by atoms with Crippen LogP contribution in [-0.4, -0.2) is 34.9 Å². The summed E-state index contributed by atoms with van der Waals surface area (Å²) in [6, 6.07) is 1.39. The molecule has 2 heterocycles. The van der Waals surface area contributed by atoms with Crippen LogP contribution in [0, 0.1) is 0 Å². The molecular weight excluding hydrogens is 263 g/mol. The second-order valence-corrected chi connectivity index (χ2v) is 4.38. The second kappa shape index (κ2) is 5.60. The van der Waals surface area contributed by atoms with Crippen LogP contribution in [0.1, 0.15) is 31.1 Å². The van der Waals surface area contributed by atoms with E-state index in [9.17, 15) is 18.0 Å². The molecule has 0 aromatic carbocycles. The van der Waals surface area contributed by atoms with E-state index in [4.69, 9.17) is 4.74 Å². The average molecular weight is 277 g/mol. The fourth-order valence-electron chi connectivity index (χ4n) is 2.00. The SMILES string of the molecule is O=C(CCC(F)(F)F)N[C@@H]1CCO[C@H]1c1ccn[nH]1. The predicted molar refractivity (Wildman–Crippen MR) is 59.1 cm³/mol. The highest BCUT2D eigenvalue weighted by atomic mass is 19.4. The molecule has 0 aliphatic carbocycles. The normalized spacial score (nSPS) is 23.5. The van der Waals surface area contributed by atoms with Crippen molar-refractivity contribution in [3.8, 4) is 0 Å². The van der Waals surface area contributed by atoms with Gasteiger partial charge in [0.25, 0.3) is 0 Å². The molecule has 2 rings (SSSR count). The van der Waals surface area contributed by atoms with E-state index >= 15 is 0 Å². The first-order valence-electron chi connectivity index (χ1n) is 5.93. The molecule has 5 nitrogen and oxygen atoms in total. The highest BCUT2D eigenvalue weighted by Gasteiger charge is 2.33. The van der Waals surface area contributed by atoms with Crippen LogP contribution in [0.3, 0.4) is 0 Å². The molecule has 1 amide bonds. The van der Waals surface area contributed by atoms with Crippen LogP contribution in [0.2, 0.25) is 0 Å². The summed E-state index contributed by atoms with van der Waals surface area (Å²) in [6.45, 7) is 0.452. The Bertz CT molecular complexity index is 419. The van der Waals surface area contributed by atoms with Gasteiger partial charge in [-0.2, -0.15) is 18.3 Å². The van der Waals surface area contributed by atoms with E-state index in [-0.39, 0.29) is 12.1 Å². The molecule has 106 valence electrons. The number of hydrogen-bond donors (Lipinski definition) is 2. The van der Waals surface area contributed by atoms with Gasteiger partial charge in [0.2, 0.25) is 5.91 Å². The molecule has 0 bridgehead atoms. The maximum absolute atomic E-state index is 12.0. The van der Waals surface area contributed by atoms with E-state index in [2.05, 4.69) is 15.5 Å². The highest BCUT2D eigenvalue weighted by Crippen LogP contribution is 2.28. The molecule has 1 aromatic heterocycles. The third-order valence-corrected chi connectivity index (χ3v) is 2.90. The number of aromatic amines is 1. The minimum Gasteiger partial charge on any atom is -0.370 e. The monoisotopic (exact) mass is 277 g/mol. The van der Waals surface area contributed by atoms with Gasteiger partial charge < -0.3 is 10.1 Å². The molecule has 1 aliphatic rings. The molecule has 19 heavy (non-hydrogen) atoms. The molecular formula is C11H14F3N3O2. The largest absolute Gasteiger partial charge is 0.389 e.